The molecule has 3 aromatic heterocycles. The van der Waals surface area contributed by atoms with Crippen molar-refractivity contribution in [3.05, 3.63) is 127 Å². The van der Waals surface area contributed by atoms with Gasteiger partial charge in [-0.15, -0.1) is 23.5 Å². The molecule has 18 rings (SSSR count). The molecule has 2 amide bonds. The van der Waals surface area contributed by atoms with E-state index >= 15 is 0 Å². The van der Waals surface area contributed by atoms with Crippen LogP contribution in [0, 0.1) is 17.8 Å². The van der Waals surface area contributed by atoms with E-state index < -0.39 is 34.6 Å². The number of nitrogens with one attached hydrogen (secondary N) is 2. The number of alkyl carbamates (subject to hydrolysis) is 2. The van der Waals surface area contributed by atoms with Gasteiger partial charge in [-0.2, -0.15) is 0 Å². The van der Waals surface area contributed by atoms with Crippen molar-refractivity contribution in [2.45, 2.75) is 262 Å². The smallest absolute Gasteiger partial charge is 0.759 e. The van der Waals surface area contributed by atoms with Gasteiger partial charge in [0.15, 0.2) is 0 Å². The molecule has 3 unspecified atom stereocenters. The zero-order chi connectivity index (χ0) is 71.1. The van der Waals surface area contributed by atoms with Gasteiger partial charge in [0.05, 0.1) is 37.0 Å². The molecule has 12 heterocycles. The first-order valence-electron chi connectivity index (χ1n) is 36.6. The van der Waals surface area contributed by atoms with Crippen LogP contribution in [-0.4, -0.2) is 135 Å². The molecule has 6 saturated heterocycles. The Morgan fingerprint density at radius 1 is 0.538 bits per heavy atom. The zero-order valence-electron chi connectivity index (χ0n) is 60.2. The molecule has 5 N–H and O–H groups in total. The topological polar surface area (TPSA) is 255 Å². The van der Waals surface area contributed by atoms with Crippen molar-refractivity contribution in [3.8, 4) is 17.2 Å². The van der Waals surface area contributed by atoms with E-state index in [-0.39, 0.29) is 79.3 Å². The van der Waals surface area contributed by atoms with E-state index in [0.717, 1.165) is 149 Å². The number of halogens is 1. The number of nitrogens with zero attached hydrogens (tertiary/aromatic N) is 9. The maximum absolute atomic E-state index is 12.8. The molecule has 3 aromatic carbocycles. The number of piperidine rings is 3. The van der Waals surface area contributed by atoms with Gasteiger partial charge in [-0.3, -0.25) is 9.78 Å². The van der Waals surface area contributed by atoms with Crippen molar-refractivity contribution in [1.29, 1.82) is 0 Å². The first kappa shape index (κ1) is 77.7. The standard InChI is InChI=1S/C27H34N4O3S.C23H28N4O3S.C22H26N4OS.C4H7Br.CH2O2.CH4.Na/c1-26(2,3)34-25(32)30-24-20-6-4-5-7-21(20)33-27(24)12-18-10-11-19(13-27)31(18)22-14-29-23(15-28-22)35-16-17-8-9-17;1-22(2,3)30-21(28)26-20-16-6-4-5-7-17(16)29-23(20)10-14-8-9-15(11-23)27(14)18-12-25-19(31)13-24-18;23-21-17-3-1-2-4-18(17)27-22(21)9-15-7-8-16(10-22)26(15)19-11-25-20(12-24-19)28-13-14-5-6-14;5-3-4-1-2-4;2-1-3;;/h4-7,14-15,17-19,24H,8-13,16H2,1-3H3,(H,30,32);4-7,12-15,20H,8-11H2,1-3H3,(H,25,31)(H,26,28);1-4,11-12,14-16,21H,5-10,13,23H2;4H,1-3H2;1H,(H,2,3);1H4;/q;;;;;;+1/p-1/t18-,19+,24-,27?;14-,15+,20-,23?;15-,16+,21-,22?;;;;/m111..../s1. The first-order valence-corrected chi connectivity index (χ1v) is 40.1. The van der Waals surface area contributed by atoms with Gasteiger partial charge in [0.25, 0.3) is 6.47 Å². The summed E-state index contributed by atoms with van der Waals surface area (Å²) in [6.07, 6.45) is 30.6. The third kappa shape index (κ3) is 17.6. The van der Waals surface area contributed by atoms with Crippen LogP contribution in [0.3, 0.4) is 0 Å². The molecule has 3 aliphatic carbocycles. The summed E-state index contributed by atoms with van der Waals surface area (Å²) in [5.74, 6) is 10.7. The number of rotatable bonds is 12. The Balaban J connectivity index is 0.000000138. The van der Waals surface area contributed by atoms with E-state index in [1.54, 1.807) is 12.4 Å². The molecule has 0 radical (unpaired) electrons. The second-order valence-corrected chi connectivity index (χ2v) is 34.8. The number of para-hydroxylation sites is 3. The molecule has 6 bridgehead atoms. The summed E-state index contributed by atoms with van der Waals surface area (Å²) in [5.41, 5.74) is 7.53. The molecule has 3 saturated carbocycles. The number of carbonyl (C=O) groups excluding carboxylic acids is 2. The van der Waals surface area contributed by atoms with E-state index in [2.05, 4.69) is 80.5 Å². The molecule has 26 heteroatoms. The fourth-order valence-electron chi connectivity index (χ4n) is 17.0. The minimum atomic E-state index is -0.561. The molecule has 9 fully saturated rings. The predicted molar refractivity (Wildman–Crippen MR) is 407 cm³/mol. The molecule has 3 spiro atoms. The molecular formula is C78H100BrN12NaO9S3. The number of anilines is 3. The third-order valence-electron chi connectivity index (χ3n) is 21.8. The van der Waals surface area contributed by atoms with Crippen LogP contribution in [0.5, 0.6) is 17.2 Å². The van der Waals surface area contributed by atoms with Crippen LogP contribution in [0.15, 0.2) is 125 Å². The molecule has 104 heavy (non-hydrogen) atoms. The summed E-state index contributed by atoms with van der Waals surface area (Å²) in [5, 5.41) is 17.0. The van der Waals surface area contributed by atoms with Crippen molar-refractivity contribution in [1.82, 2.24) is 40.5 Å². The predicted octanol–water partition coefficient (Wildman–Crippen LogP) is 12.5. The van der Waals surface area contributed by atoms with Crippen LogP contribution in [0.1, 0.15) is 199 Å². The SMILES string of the molecule is BrCC1CC1.C.CC(C)(C)OC(=O)N[C@@H]1c2ccccc2OC12C[C@H]1CC[C@@H](C2)N1c1cnc(SCC2CC2)cn1.CC(C)(C)OC(=O)N[C@@H]1c2ccccc2OC12C[C@H]1CC[C@@H](C2)N1c1cnc([S-])cn1.N[C@@H]1c2ccccc2OC12C[C@H]1CC[C@@H](C2)N1c1cnc(SCC2CC2)cn1.O=CO.[Na+]. The van der Waals surface area contributed by atoms with Gasteiger partial charge in [-0.05, 0) is 155 Å². The molecule has 12 atom stereocenters. The number of hydrogen-bond acceptors (Lipinski definition) is 21. The summed E-state index contributed by atoms with van der Waals surface area (Å²) < 4.78 is 31.0. The average molecular weight is 1550 g/mol. The molecular weight excluding hydrogens is 1450 g/mol. The number of aromatic nitrogens is 6. The molecule has 552 valence electrons. The summed E-state index contributed by atoms with van der Waals surface area (Å²) in [6, 6.07) is 25.7. The van der Waals surface area contributed by atoms with Gasteiger partial charge in [-0.1, -0.05) is 83.0 Å². The van der Waals surface area contributed by atoms with E-state index in [9.17, 15) is 9.59 Å². The summed E-state index contributed by atoms with van der Waals surface area (Å²) in [4.78, 5) is 69.0. The van der Waals surface area contributed by atoms with Crippen molar-refractivity contribution in [3.63, 3.8) is 0 Å². The number of ether oxygens (including phenoxy) is 5. The van der Waals surface area contributed by atoms with Crippen molar-refractivity contribution in [2.75, 3.05) is 31.5 Å². The zero-order valence-corrected chi connectivity index (χ0v) is 66.2. The van der Waals surface area contributed by atoms with Crippen LogP contribution in [0.4, 0.5) is 27.0 Å². The second-order valence-electron chi connectivity index (χ2n) is 31.7. The number of nitrogens with two attached hydrogens (primary N) is 1. The molecule has 21 nitrogen and oxygen atoms in total. The Morgan fingerprint density at radius 3 is 1.17 bits per heavy atom. The van der Waals surface area contributed by atoms with Crippen LogP contribution in [-0.2, 0) is 26.9 Å². The minimum Gasteiger partial charge on any atom is -0.759 e. The maximum atomic E-state index is 12.8. The fraction of sp³-hybridized carbons (Fsp3) is 0.577. The number of thioether (sulfide) groups is 2. The average Bonchev–Trinajstić information content (AvgIpc) is 1.50. The van der Waals surface area contributed by atoms with Gasteiger partial charge in [0.1, 0.15) is 84.8 Å². The van der Waals surface area contributed by atoms with Gasteiger partial charge in [-0.25, -0.2) is 34.5 Å². The molecule has 12 aliphatic rings. The Bertz CT molecular complexity index is 3890. The molecule has 9 aliphatic heterocycles. The fourth-order valence-corrected chi connectivity index (χ4v) is 19.7. The number of alkyl halides is 1. The van der Waals surface area contributed by atoms with E-state index in [4.69, 9.17) is 66.9 Å². The quantitative estimate of drug-likeness (QED) is 0.0292. The Hall–Kier alpha value is -5.93. The van der Waals surface area contributed by atoms with E-state index in [0.29, 0.717) is 29.2 Å². The summed E-state index contributed by atoms with van der Waals surface area (Å²) in [7, 11) is 0. The number of carboxylic acid groups (broad SMARTS) is 1. The number of benzene rings is 3. The Labute approximate surface area is 657 Å². The first-order chi connectivity index (χ1) is 49.1. The number of carbonyl (C=O) groups is 3. The number of hydrogen-bond donors (Lipinski definition) is 4. The summed E-state index contributed by atoms with van der Waals surface area (Å²) in [6.45, 7) is 11.0. The van der Waals surface area contributed by atoms with Crippen LogP contribution in [0.2, 0.25) is 0 Å². The maximum Gasteiger partial charge on any atom is 1.00 e. The van der Waals surface area contributed by atoms with E-state index in [1.807, 2.05) is 138 Å². The number of amides is 2. The van der Waals surface area contributed by atoms with Crippen LogP contribution < -0.4 is 74.8 Å². The van der Waals surface area contributed by atoms with Crippen molar-refractivity contribution < 1.29 is 72.7 Å². The molecule has 6 aromatic rings. The number of fused-ring (bicyclic) bond motifs is 9. The van der Waals surface area contributed by atoms with Crippen molar-refractivity contribution in [2.24, 2.45) is 23.5 Å². The minimum absolute atomic E-state index is 0. The largest absolute Gasteiger partial charge is 1.00 e. The van der Waals surface area contributed by atoms with Gasteiger partial charge in [0.2, 0.25) is 0 Å². The van der Waals surface area contributed by atoms with E-state index in [1.165, 1.54) is 62.4 Å². The van der Waals surface area contributed by atoms with Gasteiger partial charge >= 0.3 is 41.7 Å². The third-order valence-corrected chi connectivity index (χ3v) is 25.2. The Kier molecular flexibility index (Phi) is 24.3. The summed E-state index contributed by atoms with van der Waals surface area (Å²) >= 11 is 12.1. The normalized spacial score (nSPS) is 28.6. The van der Waals surface area contributed by atoms with Crippen LogP contribution in [0.25, 0.3) is 0 Å². The van der Waals surface area contributed by atoms with Gasteiger partial charge < -0.3 is 72.5 Å². The Morgan fingerprint density at radius 2 is 0.865 bits per heavy atom. The second kappa shape index (κ2) is 32.5. The van der Waals surface area contributed by atoms with Crippen LogP contribution >= 0.6 is 39.5 Å². The van der Waals surface area contributed by atoms with Gasteiger partial charge in [0, 0.05) is 114 Å². The van der Waals surface area contributed by atoms with Crippen molar-refractivity contribution >= 4 is 88.2 Å². The monoisotopic (exact) mass is 1550 g/mol.